The van der Waals surface area contributed by atoms with E-state index in [2.05, 4.69) is 0 Å². The van der Waals surface area contributed by atoms with Gasteiger partial charge in [-0.2, -0.15) is 0 Å². The van der Waals surface area contributed by atoms with Crippen LogP contribution in [0, 0.1) is 5.82 Å². The minimum absolute atomic E-state index is 0.344. The van der Waals surface area contributed by atoms with Crippen molar-refractivity contribution >= 4 is 12.4 Å². The number of nitrogens with two attached hydrogens (primary N) is 1. The molecule has 0 heterocycles. The summed E-state index contributed by atoms with van der Waals surface area (Å²) in [5.74, 6) is -0.344. The predicted octanol–water partition coefficient (Wildman–Crippen LogP) is 2.00. The quantitative estimate of drug-likeness (QED) is 0.743. The highest BCUT2D eigenvalue weighted by molar-refractivity contribution is 5.81. The number of halogens is 1. The van der Waals surface area contributed by atoms with E-state index in [0.29, 0.717) is 24.0 Å². The largest absolute Gasteiger partial charge is 0.330 e. The standard InChI is InChI=1S/C11H12FNO/c12-11-5-4-10(8-14)9(7-11)3-1-2-6-13/h1,3-5,7-8H,2,6,13H2. The van der Waals surface area contributed by atoms with Crippen LogP contribution in [0.3, 0.4) is 0 Å². The summed E-state index contributed by atoms with van der Waals surface area (Å²) in [5.41, 5.74) is 6.38. The molecule has 0 aliphatic heterocycles. The third-order valence-electron chi connectivity index (χ3n) is 1.81. The molecule has 0 radical (unpaired) electrons. The van der Waals surface area contributed by atoms with Gasteiger partial charge in [0.25, 0.3) is 0 Å². The van der Waals surface area contributed by atoms with Crippen molar-refractivity contribution < 1.29 is 9.18 Å². The van der Waals surface area contributed by atoms with Crippen LogP contribution < -0.4 is 5.73 Å². The minimum Gasteiger partial charge on any atom is -0.330 e. The molecule has 0 amide bonds. The zero-order valence-corrected chi connectivity index (χ0v) is 7.74. The molecule has 0 fully saturated rings. The Balaban J connectivity index is 2.92. The summed E-state index contributed by atoms with van der Waals surface area (Å²) in [6.07, 6.45) is 4.96. The Hall–Kier alpha value is -1.48. The smallest absolute Gasteiger partial charge is 0.150 e. The molecule has 14 heavy (non-hydrogen) atoms. The molecule has 2 nitrogen and oxygen atoms in total. The van der Waals surface area contributed by atoms with Gasteiger partial charge in [0.05, 0.1) is 0 Å². The van der Waals surface area contributed by atoms with Gasteiger partial charge in [-0.25, -0.2) is 4.39 Å². The fourth-order valence-corrected chi connectivity index (χ4v) is 1.10. The average Bonchev–Trinajstić information content (AvgIpc) is 2.19. The number of carbonyl (C=O) groups is 1. The average molecular weight is 193 g/mol. The first-order valence-electron chi connectivity index (χ1n) is 4.39. The lowest BCUT2D eigenvalue weighted by Crippen LogP contribution is -1.95. The maximum atomic E-state index is 12.8. The second kappa shape index (κ2) is 5.29. The molecule has 2 N–H and O–H groups in total. The van der Waals surface area contributed by atoms with Crippen molar-refractivity contribution in [1.29, 1.82) is 0 Å². The van der Waals surface area contributed by atoms with Gasteiger partial charge in [0.2, 0.25) is 0 Å². The fourth-order valence-electron chi connectivity index (χ4n) is 1.10. The Bertz CT molecular complexity index is 347. The van der Waals surface area contributed by atoms with Crippen LogP contribution in [0.25, 0.3) is 6.08 Å². The van der Waals surface area contributed by atoms with Gasteiger partial charge in [0.1, 0.15) is 5.82 Å². The Labute approximate surface area is 82.2 Å². The molecule has 0 unspecified atom stereocenters. The summed E-state index contributed by atoms with van der Waals surface area (Å²) < 4.78 is 12.8. The molecule has 0 aliphatic carbocycles. The maximum absolute atomic E-state index is 12.8. The number of benzene rings is 1. The topological polar surface area (TPSA) is 43.1 Å². The van der Waals surface area contributed by atoms with Gasteiger partial charge in [-0.1, -0.05) is 12.2 Å². The van der Waals surface area contributed by atoms with E-state index in [4.69, 9.17) is 5.73 Å². The summed E-state index contributed by atoms with van der Waals surface area (Å²) in [6, 6.07) is 4.06. The van der Waals surface area contributed by atoms with E-state index in [1.807, 2.05) is 6.08 Å². The van der Waals surface area contributed by atoms with Gasteiger partial charge in [0.15, 0.2) is 6.29 Å². The molecule has 0 saturated carbocycles. The summed E-state index contributed by atoms with van der Waals surface area (Å²) in [6.45, 7) is 0.544. The molecule has 1 aromatic carbocycles. The molecule has 0 spiro atoms. The van der Waals surface area contributed by atoms with Crippen LogP contribution in [0.4, 0.5) is 4.39 Å². The van der Waals surface area contributed by atoms with Crippen molar-refractivity contribution in [2.45, 2.75) is 6.42 Å². The van der Waals surface area contributed by atoms with Gasteiger partial charge in [-0.05, 0) is 36.7 Å². The van der Waals surface area contributed by atoms with Gasteiger partial charge in [0, 0.05) is 5.56 Å². The van der Waals surface area contributed by atoms with Crippen LogP contribution in [0.15, 0.2) is 24.3 Å². The van der Waals surface area contributed by atoms with Crippen molar-refractivity contribution in [3.63, 3.8) is 0 Å². The van der Waals surface area contributed by atoms with Crippen LogP contribution in [0.5, 0.6) is 0 Å². The lowest BCUT2D eigenvalue weighted by Gasteiger charge is -1.98. The molecule has 0 aromatic heterocycles. The van der Waals surface area contributed by atoms with E-state index in [9.17, 15) is 9.18 Å². The second-order valence-electron chi connectivity index (χ2n) is 2.87. The van der Waals surface area contributed by atoms with Crippen molar-refractivity contribution in [2.24, 2.45) is 5.73 Å². The fraction of sp³-hybridized carbons (Fsp3) is 0.182. The summed E-state index contributed by atoms with van der Waals surface area (Å²) in [7, 11) is 0. The van der Waals surface area contributed by atoms with Gasteiger partial charge >= 0.3 is 0 Å². The predicted molar refractivity (Wildman–Crippen MR) is 54.5 cm³/mol. The zero-order valence-electron chi connectivity index (χ0n) is 7.74. The minimum atomic E-state index is -0.344. The highest BCUT2D eigenvalue weighted by Gasteiger charge is 1.99. The first-order valence-corrected chi connectivity index (χ1v) is 4.39. The number of hydrogen-bond acceptors (Lipinski definition) is 2. The molecular weight excluding hydrogens is 181 g/mol. The monoisotopic (exact) mass is 193 g/mol. The molecule has 0 atom stereocenters. The first-order chi connectivity index (χ1) is 6.77. The number of carbonyl (C=O) groups excluding carboxylic acids is 1. The number of aldehydes is 1. The summed E-state index contributed by atoms with van der Waals surface area (Å²) >= 11 is 0. The number of rotatable bonds is 4. The van der Waals surface area contributed by atoms with Crippen LogP contribution >= 0.6 is 0 Å². The van der Waals surface area contributed by atoms with Gasteiger partial charge in [-0.15, -0.1) is 0 Å². The molecular formula is C11H12FNO. The first kappa shape index (κ1) is 10.6. The van der Waals surface area contributed by atoms with Crippen molar-refractivity contribution in [1.82, 2.24) is 0 Å². The molecule has 0 aliphatic rings. The molecule has 74 valence electrons. The lowest BCUT2D eigenvalue weighted by atomic mass is 10.1. The Morgan fingerprint density at radius 1 is 1.36 bits per heavy atom. The third kappa shape index (κ3) is 2.78. The summed E-state index contributed by atoms with van der Waals surface area (Å²) in [4.78, 5) is 10.6. The van der Waals surface area contributed by atoms with Crippen molar-refractivity contribution in [3.05, 3.63) is 41.2 Å². The zero-order chi connectivity index (χ0) is 10.4. The lowest BCUT2D eigenvalue weighted by molar-refractivity contribution is 0.112. The molecule has 3 heteroatoms. The highest BCUT2D eigenvalue weighted by atomic mass is 19.1. The van der Waals surface area contributed by atoms with Crippen LogP contribution in [0.1, 0.15) is 22.3 Å². The Morgan fingerprint density at radius 3 is 2.79 bits per heavy atom. The number of hydrogen-bond donors (Lipinski definition) is 1. The van der Waals surface area contributed by atoms with Crippen LogP contribution in [-0.4, -0.2) is 12.8 Å². The molecule has 0 saturated heterocycles. The van der Waals surface area contributed by atoms with E-state index < -0.39 is 0 Å². The van der Waals surface area contributed by atoms with Gasteiger partial charge in [-0.3, -0.25) is 4.79 Å². The van der Waals surface area contributed by atoms with E-state index in [-0.39, 0.29) is 5.82 Å². The van der Waals surface area contributed by atoms with Crippen LogP contribution in [-0.2, 0) is 0 Å². The van der Waals surface area contributed by atoms with E-state index in [1.165, 1.54) is 18.2 Å². The van der Waals surface area contributed by atoms with Crippen molar-refractivity contribution in [3.8, 4) is 0 Å². The maximum Gasteiger partial charge on any atom is 0.150 e. The Kier molecular flexibility index (Phi) is 4.01. The molecule has 1 rings (SSSR count). The molecule has 1 aromatic rings. The summed E-state index contributed by atoms with van der Waals surface area (Å²) in [5, 5.41) is 0. The SMILES string of the molecule is NCCC=Cc1cc(F)ccc1C=O. The van der Waals surface area contributed by atoms with Gasteiger partial charge < -0.3 is 5.73 Å². The second-order valence-corrected chi connectivity index (χ2v) is 2.87. The molecule has 0 bridgehead atoms. The highest BCUT2D eigenvalue weighted by Crippen LogP contribution is 2.11. The van der Waals surface area contributed by atoms with Crippen molar-refractivity contribution in [2.75, 3.05) is 6.54 Å². The third-order valence-corrected chi connectivity index (χ3v) is 1.81. The normalized spacial score (nSPS) is 10.7. The van der Waals surface area contributed by atoms with E-state index >= 15 is 0 Å². The Morgan fingerprint density at radius 2 is 2.14 bits per heavy atom. The van der Waals surface area contributed by atoms with E-state index in [0.717, 1.165) is 6.42 Å². The van der Waals surface area contributed by atoms with E-state index in [1.54, 1.807) is 6.08 Å². The van der Waals surface area contributed by atoms with Crippen LogP contribution in [0.2, 0.25) is 0 Å².